The van der Waals surface area contributed by atoms with E-state index in [0.29, 0.717) is 6.04 Å². The molecule has 1 aromatic carbocycles. The van der Waals surface area contributed by atoms with Crippen LogP contribution in [0.2, 0.25) is 0 Å². The van der Waals surface area contributed by atoms with E-state index < -0.39 is 0 Å². The van der Waals surface area contributed by atoms with E-state index in [-0.39, 0.29) is 24.0 Å². The van der Waals surface area contributed by atoms with Gasteiger partial charge in [-0.25, -0.2) is 0 Å². The summed E-state index contributed by atoms with van der Waals surface area (Å²) < 4.78 is 0. The monoisotopic (exact) mass is 416 g/mol. The summed E-state index contributed by atoms with van der Waals surface area (Å²) >= 11 is 0. The molecule has 4 nitrogen and oxygen atoms in total. The van der Waals surface area contributed by atoms with Crippen molar-refractivity contribution in [3.8, 4) is 0 Å². The van der Waals surface area contributed by atoms with Crippen LogP contribution in [0, 0.1) is 0 Å². The summed E-state index contributed by atoms with van der Waals surface area (Å²) in [7, 11) is 1.86. The quantitative estimate of drug-likeness (QED) is 0.465. The van der Waals surface area contributed by atoms with Crippen LogP contribution >= 0.6 is 24.0 Å². The second-order valence-corrected chi connectivity index (χ2v) is 5.44. The highest BCUT2D eigenvalue weighted by Crippen LogP contribution is 2.25. The average molecular weight is 416 g/mol. The normalized spacial score (nSPS) is 17.8. The predicted molar refractivity (Wildman–Crippen MR) is 105 cm³/mol. The molecule has 1 aliphatic heterocycles. The van der Waals surface area contributed by atoms with Crippen molar-refractivity contribution in [3.63, 3.8) is 0 Å². The Kier molecular flexibility index (Phi) is 8.78. The van der Waals surface area contributed by atoms with Crippen LogP contribution < -0.4 is 5.32 Å². The van der Waals surface area contributed by atoms with Crippen molar-refractivity contribution in [2.75, 3.05) is 39.8 Å². The van der Waals surface area contributed by atoms with E-state index >= 15 is 0 Å². The third-order valence-electron chi connectivity index (χ3n) is 4.17. The van der Waals surface area contributed by atoms with Crippen molar-refractivity contribution < 1.29 is 0 Å². The molecule has 1 saturated heterocycles. The summed E-state index contributed by atoms with van der Waals surface area (Å²) in [6, 6.07) is 11.4. The molecule has 0 bridgehead atoms. The molecule has 0 aliphatic carbocycles. The van der Waals surface area contributed by atoms with Gasteiger partial charge < -0.3 is 10.2 Å². The molecule has 124 valence electrons. The van der Waals surface area contributed by atoms with Gasteiger partial charge in [0, 0.05) is 45.8 Å². The number of piperazine rings is 1. The lowest BCUT2D eigenvalue weighted by Crippen LogP contribution is -2.53. The Morgan fingerprint density at radius 1 is 1.14 bits per heavy atom. The van der Waals surface area contributed by atoms with Crippen LogP contribution in [0.5, 0.6) is 0 Å². The van der Waals surface area contributed by atoms with Gasteiger partial charge in [-0.3, -0.25) is 9.89 Å². The third-order valence-corrected chi connectivity index (χ3v) is 4.17. The van der Waals surface area contributed by atoms with Crippen LogP contribution in [0.1, 0.15) is 31.9 Å². The second kappa shape index (κ2) is 10.0. The Hall–Kier alpha value is -0.820. The highest BCUT2D eigenvalue weighted by atomic mass is 127. The zero-order chi connectivity index (χ0) is 15.1. The van der Waals surface area contributed by atoms with Crippen LogP contribution in [0.4, 0.5) is 0 Å². The van der Waals surface area contributed by atoms with Gasteiger partial charge in [0.05, 0.1) is 0 Å². The number of halogens is 1. The molecule has 22 heavy (non-hydrogen) atoms. The first-order chi connectivity index (χ1) is 10.3. The van der Waals surface area contributed by atoms with E-state index in [2.05, 4.69) is 64.3 Å². The molecule has 0 spiro atoms. The second-order valence-electron chi connectivity index (χ2n) is 5.44. The number of rotatable bonds is 4. The Morgan fingerprint density at radius 2 is 1.77 bits per heavy atom. The lowest BCUT2D eigenvalue weighted by atomic mass is 10.0. The molecule has 1 aromatic rings. The predicted octanol–water partition coefficient (Wildman–Crippen LogP) is 2.97. The van der Waals surface area contributed by atoms with Gasteiger partial charge in [-0.15, -0.1) is 24.0 Å². The fourth-order valence-corrected chi connectivity index (χ4v) is 3.12. The van der Waals surface area contributed by atoms with Gasteiger partial charge in [0.2, 0.25) is 0 Å². The van der Waals surface area contributed by atoms with E-state index in [1.165, 1.54) is 5.56 Å². The molecule has 1 N–H and O–H groups in total. The molecular formula is C17H29IN4. The average Bonchev–Trinajstić information content (AvgIpc) is 2.55. The van der Waals surface area contributed by atoms with Gasteiger partial charge in [-0.05, 0) is 18.9 Å². The molecule has 0 radical (unpaired) electrons. The first-order valence-electron chi connectivity index (χ1n) is 8.04. The number of hydrogen-bond donors (Lipinski definition) is 1. The van der Waals surface area contributed by atoms with E-state index in [1.807, 2.05) is 7.05 Å². The molecule has 1 aliphatic rings. The van der Waals surface area contributed by atoms with Crippen LogP contribution in [-0.4, -0.2) is 55.5 Å². The molecule has 0 amide bonds. The van der Waals surface area contributed by atoms with Crippen LogP contribution in [-0.2, 0) is 0 Å². The van der Waals surface area contributed by atoms with Crippen molar-refractivity contribution in [1.29, 1.82) is 0 Å². The highest BCUT2D eigenvalue weighted by Gasteiger charge is 2.24. The minimum Gasteiger partial charge on any atom is -0.357 e. The third kappa shape index (κ3) is 4.84. The minimum atomic E-state index is 0. The van der Waals surface area contributed by atoms with Gasteiger partial charge in [-0.1, -0.05) is 37.3 Å². The number of benzene rings is 1. The molecule has 0 saturated carbocycles. The molecule has 2 rings (SSSR count). The Balaban J connectivity index is 0.00000242. The first-order valence-corrected chi connectivity index (χ1v) is 8.04. The van der Waals surface area contributed by atoms with E-state index in [4.69, 9.17) is 0 Å². The Morgan fingerprint density at radius 3 is 2.27 bits per heavy atom. The fraction of sp³-hybridized carbons (Fsp3) is 0.588. The van der Waals surface area contributed by atoms with Gasteiger partial charge in [0.1, 0.15) is 0 Å². The van der Waals surface area contributed by atoms with Crippen LogP contribution in [0.25, 0.3) is 0 Å². The maximum Gasteiger partial charge on any atom is 0.193 e. The van der Waals surface area contributed by atoms with Gasteiger partial charge in [0.15, 0.2) is 5.96 Å². The maximum absolute atomic E-state index is 4.36. The van der Waals surface area contributed by atoms with Crippen molar-refractivity contribution in [2.24, 2.45) is 4.99 Å². The Bertz CT molecular complexity index is 441. The minimum absolute atomic E-state index is 0. The van der Waals surface area contributed by atoms with E-state index in [0.717, 1.165) is 45.1 Å². The molecule has 1 fully saturated rings. The van der Waals surface area contributed by atoms with Crippen molar-refractivity contribution >= 4 is 29.9 Å². The largest absolute Gasteiger partial charge is 0.357 e. The number of hydrogen-bond acceptors (Lipinski definition) is 2. The molecule has 5 heteroatoms. The molecule has 1 heterocycles. The zero-order valence-electron chi connectivity index (χ0n) is 14.0. The molecular weight excluding hydrogens is 387 g/mol. The lowest BCUT2D eigenvalue weighted by Gasteiger charge is -2.40. The topological polar surface area (TPSA) is 30.9 Å². The summed E-state index contributed by atoms with van der Waals surface area (Å²) in [5.41, 5.74) is 1.43. The summed E-state index contributed by atoms with van der Waals surface area (Å²) in [6.45, 7) is 9.60. The number of nitrogens with zero attached hydrogens (tertiary/aromatic N) is 3. The highest BCUT2D eigenvalue weighted by molar-refractivity contribution is 14.0. The summed E-state index contributed by atoms with van der Waals surface area (Å²) in [6.07, 6.45) is 1.16. The summed E-state index contributed by atoms with van der Waals surface area (Å²) in [5, 5.41) is 3.35. The van der Waals surface area contributed by atoms with Crippen molar-refractivity contribution in [1.82, 2.24) is 15.1 Å². The first kappa shape index (κ1) is 19.2. The fourth-order valence-electron chi connectivity index (χ4n) is 3.12. The van der Waals surface area contributed by atoms with Crippen LogP contribution in [0.3, 0.4) is 0 Å². The van der Waals surface area contributed by atoms with E-state index in [9.17, 15) is 0 Å². The van der Waals surface area contributed by atoms with E-state index in [1.54, 1.807) is 0 Å². The SMILES string of the molecule is CCNC(=NC)N1CCN(C(CC)c2ccccc2)CC1.I. The van der Waals surface area contributed by atoms with Crippen molar-refractivity contribution in [3.05, 3.63) is 35.9 Å². The molecule has 1 unspecified atom stereocenters. The van der Waals surface area contributed by atoms with Crippen molar-refractivity contribution in [2.45, 2.75) is 26.3 Å². The number of aliphatic imine (C=N–C) groups is 1. The standard InChI is InChI=1S/C17H28N4.HI/c1-4-16(15-9-7-6-8-10-15)20-11-13-21(14-12-20)17(18-3)19-5-2;/h6-10,16H,4-5,11-14H2,1-3H3,(H,18,19);1H. The number of guanidine groups is 1. The molecule has 1 atom stereocenters. The maximum atomic E-state index is 4.36. The van der Waals surface area contributed by atoms with Crippen LogP contribution in [0.15, 0.2) is 35.3 Å². The number of nitrogens with one attached hydrogen (secondary N) is 1. The molecule has 0 aromatic heterocycles. The van der Waals surface area contributed by atoms with Gasteiger partial charge >= 0.3 is 0 Å². The smallest absolute Gasteiger partial charge is 0.193 e. The van der Waals surface area contributed by atoms with Gasteiger partial charge in [-0.2, -0.15) is 0 Å². The van der Waals surface area contributed by atoms with Gasteiger partial charge in [0.25, 0.3) is 0 Å². The zero-order valence-corrected chi connectivity index (χ0v) is 16.3. The summed E-state index contributed by atoms with van der Waals surface area (Å²) in [4.78, 5) is 9.32. The summed E-state index contributed by atoms with van der Waals surface area (Å²) in [5.74, 6) is 1.03. The Labute approximate surface area is 152 Å². The lowest BCUT2D eigenvalue weighted by molar-refractivity contribution is 0.127.